The molecule has 2 N–H and O–H groups in total. The summed E-state index contributed by atoms with van der Waals surface area (Å²) in [6.45, 7) is 5.16. The van der Waals surface area contributed by atoms with E-state index in [1.807, 2.05) is 24.6 Å². The Labute approximate surface area is 177 Å². The molecule has 3 fully saturated rings. The summed E-state index contributed by atoms with van der Waals surface area (Å²) < 4.78 is 57.1. The Morgan fingerprint density at radius 1 is 1.16 bits per heavy atom. The smallest absolute Gasteiger partial charge is 0.402 e. The van der Waals surface area contributed by atoms with Gasteiger partial charge < -0.3 is 10.5 Å². The first-order valence-corrected chi connectivity index (χ1v) is 10.6. The minimum absolute atomic E-state index is 0.108. The zero-order valence-corrected chi connectivity index (χ0v) is 17.3. The first kappa shape index (κ1) is 20.5. The highest BCUT2D eigenvalue weighted by Gasteiger charge is 2.59. The number of halogens is 4. The first-order chi connectivity index (χ1) is 14.6. The van der Waals surface area contributed by atoms with Crippen molar-refractivity contribution >= 4 is 5.82 Å². The van der Waals surface area contributed by atoms with Crippen molar-refractivity contribution in [1.29, 1.82) is 0 Å². The van der Waals surface area contributed by atoms with E-state index in [2.05, 4.69) is 19.7 Å². The third-order valence-electron chi connectivity index (χ3n) is 6.80. The van der Waals surface area contributed by atoms with Crippen LogP contribution >= 0.6 is 0 Å². The number of hydrogen-bond acceptors (Lipinski definition) is 5. The lowest BCUT2D eigenvalue weighted by molar-refractivity contribution is -0.274. The fourth-order valence-corrected chi connectivity index (χ4v) is 5.32. The van der Waals surface area contributed by atoms with Crippen LogP contribution in [0.3, 0.4) is 0 Å². The maximum absolute atomic E-state index is 13.2. The number of anilines is 1. The van der Waals surface area contributed by atoms with Gasteiger partial charge in [0.25, 0.3) is 0 Å². The molecule has 5 rings (SSSR count). The molecule has 0 aromatic carbocycles. The number of aromatic nitrogens is 3. The molecule has 0 amide bonds. The van der Waals surface area contributed by atoms with E-state index in [0.717, 1.165) is 18.5 Å². The average Bonchev–Trinajstić information content (AvgIpc) is 3.03. The molecular weight excluding hydrogens is 414 g/mol. The topological polar surface area (TPSA) is 69.2 Å². The number of pyridine rings is 1. The van der Waals surface area contributed by atoms with Crippen LogP contribution < -0.4 is 10.5 Å². The molecule has 2 aromatic heterocycles. The maximum Gasteiger partial charge on any atom is 0.573 e. The molecular formula is C21H25F4N5O. The summed E-state index contributed by atoms with van der Waals surface area (Å²) in [4.78, 5) is 6.10. The minimum Gasteiger partial charge on any atom is -0.402 e. The van der Waals surface area contributed by atoms with Crippen LogP contribution in [-0.2, 0) is 0 Å². The summed E-state index contributed by atoms with van der Waals surface area (Å²) >= 11 is 0. The molecule has 0 spiro atoms. The Morgan fingerprint density at radius 2 is 1.84 bits per heavy atom. The Hall–Kier alpha value is -2.36. The fraction of sp³-hybridized carbons (Fsp3) is 0.619. The third-order valence-corrected chi connectivity index (χ3v) is 6.80. The number of nitrogens with zero attached hydrogens (tertiary/aromatic N) is 4. The lowest BCUT2D eigenvalue weighted by Gasteiger charge is -2.40. The van der Waals surface area contributed by atoms with E-state index in [1.165, 1.54) is 12.3 Å². The second kappa shape index (κ2) is 7.08. The van der Waals surface area contributed by atoms with E-state index < -0.39 is 18.3 Å². The molecule has 2 unspecified atom stereocenters. The number of ether oxygens (including phenoxy) is 1. The fourth-order valence-electron chi connectivity index (χ4n) is 5.32. The zero-order chi connectivity index (χ0) is 22.1. The van der Waals surface area contributed by atoms with Gasteiger partial charge in [-0.25, -0.2) is 9.37 Å². The molecule has 6 nitrogen and oxygen atoms in total. The molecule has 31 heavy (non-hydrogen) atoms. The Kier molecular flexibility index (Phi) is 4.69. The Bertz CT molecular complexity index is 973. The number of nitrogen functional groups attached to an aromatic ring is 1. The van der Waals surface area contributed by atoms with Crippen molar-refractivity contribution in [3.05, 3.63) is 24.0 Å². The lowest BCUT2D eigenvalue weighted by atomic mass is 9.99. The van der Waals surface area contributed by atoms with E-state index in [1.54, 1.807) is 0 Å². The molecule has 0 bridgehead atoms. The van der Waals surface area contributed by atoms with Gasteiger partial charge in [-0.05, 0) is 50.7 Å². The van der Waals surface area contributed by atoms with Crippen LogP contribution in [0.4, 0.5) is 23.4 Å². The van der Waals surface area contributed by atoms with Crippen molar-refractivity contribution in [3.63, 3.8) is 0 Å². The highest BCUT2D eigenvalue weighted by molar-refractivity contribution is 5.64. The molecule has 1 aliphatic heterocycles. The van der Waals surface area contributed by atoms with E-state index in [9.17, 15) is 17.6 Å². The van der Waals surface area contributed by atoms with Crippen molar-refractivity contribution in [1.82, 2.24) is 19.7 Å². The van der Waals surface area contributed by atoms with Crippen LogP contribution in [0.15, 0.2) is 18.3 Å². The van der Waals surface area contributed by atoms with Gasteiger partial charge in [-0.3, -0.25) is 9.58 Å². The van der Waals surface area contributed by atoms with Gasteiger partial charge in [0.1, 0.15) is 6.17 Å². The van der Waals surface area contributed by atoms with Crippen molar-refractivity contribution in [2.24, 2.45) is 11.8 Å². The standard InChI is InChI=1S/C21H25F4N5O/c1-10(2)30-17(19-14-4-13(5-15(14)19)29-8-12(22)9-29)6-16(28-30)11-3-18(20(26)27-7-11)31-21(23,24)25/h3,6-7,10,12-15,19H,4-5,8-9H2,1-2H3,(H2,26,27)/t13?,14-,15+,19?. The molecule has 2 aromatic rings. The summed E-state index contributed by atoms with van der Waals surface area (Å²) in [6, 6.07) is 3.75. The first-order valence-electron chi connectivity index (χ1n) is 10.6. The second-order valence-corrected chi connectivity index (χ2v) is 9.18. The molecule has 3 aliphatic rings. The van der Waals surface area contributed by atoms with E-state index in [0.29, 0.717) is 48.1 Å². The number of fused-ring (bicyclic) bond motifs is 1. The van der Waals surface area contributed by atoms with Gasteiger partial charge in [0.15, 0.2) is 11.6 Å². The van der Waals surface area contributed by atoms with Gasteiger partial charge in [0, 0.05) is 48.5 Å². The third kappa shape index (κ3) is 3.75. The summed E-state index contributed by atoms with van der Waals surface area (Å²) in [5.74, 6) is 0.639. The van der Waals surface area contributed by atoms with Crippen molar-refractivity contribution in [2.75, 3.05) is 18.8 Å². The van der Waals surface area contributed by atoms with Crippen LogP contribution in [-0.4, -0.2) is 51.3 Å². The van der Waals surface area contributed by atoms with Crippen molar-refractivity contribution in [3.8, 4) is 17.0 Å². The predicted octanol–water partition coefficient (Wildman–Crippen LogP) is 4.15. The SMILES string of the molecule is CC(C)n1nc(-c2cnc(N)c(OC(F)(F)F)c2)cc1C1[C@H]2CC(N3CC(F)C3)C[C@@H]12. The number of likely N-dealkylation sites (tertiary alicyclic amines) is 1. The second-order valence-electron chi connectivity index (χ2n) is 9.18. The lowest BCUT2D eigenvalue weighted by Crippen LogP contribution is -2.53. The van der Waals surface area contributed by atoms with Gasteiger partial charge in [0.2, 0.25) is 0 Å². The maximum atomic E-state index is 13.2. The molecule has 2 saturated carbocycles. The van der Waals surface area contributed by atoms with Crippen LogP contribution in [0.5, 0.6) is 5.75 Å². The summed E-state index contributed by atoms with van der Waals surface area (Å²) in [5, 5.41) is 4.67. The molecule has 1 saturated heterocycles. The quantitative estimate of drug-likeness (QED) is 0.709. The largest absolute Gasteiger partial charge is 0.573 e. The molecule has 4 atom stereocenters. The van der Waals surface area contributed by atoms with Crippen LogP contribution in [0, 0.1) is 11.8 Å². The van der Waals surface area contributed by atoms with Crippen LogP contribution in [0.25, 0.3) is 11.3 Å². The van der Waals surface area contributed by atoms with Crippen LogP contribution in [0.2, 0.25) is 0 Å². The van der Waals surface area contributed by atoms with Crippen LogP contribution in [0.1, 0.15) is 44.3 Å². The molecule has 3 heterocycles. The number of nitrogens with two attached hydrogens (primary N) is 1. The molecule has 10 heteroatoms. The van der Waals surface area contributed by atoms with Gasteiger partial charge >= 0.3 is 6.36 Å². The molecule has 2 aliphatic carbocycles. The van der Waals surface area contributed by atoms with E-state index >= 15 is 0 Å². The number of rotatable bonds is 5. The predicted molar refractivity (Wildman–Crippen MR) is 106 cm³/mol. The minimum atomic E-state index is -4.85. The van der Waals surface area contributed by atoms with E-state index in [-0.39, 0.29) is 11.9 Å². The number of alkyl halides is 4. The summed E-state index contributed by atoms with van der Waals surface area (Å²) in [6.07, 6.45) is -1.99. The summed E-state index contributed by atoms with van der Waals surface area (Å²) in [7, 11) is 0. The average molecular weight is 439 g/mol. The van der Waals surface area contributed by atoms with Crippen molar-refractivity contribution in [2.45, 2.75) is 57.2 Å². The highest BCUT2D eigenvalue weighted by Crippen LogP contribution is 2.64. The van der Waals surface area contributed by atoms with Crippen molar-refractivity contribution < 1.29 is 22.3 Å². The molecule has 168 valence electrons. The molecule has 0 radical (unpaired) electrons. The van der Waals surface area contributed by atoms with Gasteiger partial charge in [-0.15, -0.1) is 13.2 Å². The van der Waals surface area contributed by atoms with Gasteiger partial charge in [0.05, 0.1) is 5.69 Å². The zero-order valence-electron chi connectivity index (χ0n) is 17.3. The number of hydrogen-bond donors (Lipinski definition) is 1. The monoisotopic (exact) mass is 439 g/mol. The van der Waals surface area contributed by atoms with Gasteiger partial charge in [-0.1, -0.05) is 0 Å². The summed E-state index contributed by atoms with van der Waals surface area (Å²) in [5.41, 5.74) is 7.62. The van der Waals surface area contributed by atoms with Gasteiger partial charge in [-0.2, -0.15) is 5.10 Å². The Morgan fingerprint density at radius 3 is 2.42 bits per heavy atom. The highest BCUT2D eigenvalue weighted by atomic mass is 19.4. The Balaban J connectivity index is 1.37. The normalized spacial score (nSPS) is 28.6. The van der Waals surface area contributed by atoms with E-state index in [4.69, 9.17) is 5.73 Å².